The molecule has 4 rings (SSSR count). The third kappa shape index (κ3) is 4.58. The van der Waals surface area contributed by atoms with E-state index in [4.69, 9.17) is 0 Å². The van der Waals surface area contributed by atoms with Crippen molar-refractivity contribution in [3.63, 3.8) is 0 Å². The Morgan fingerprint density at radius 1 is 1.11 bits per heavy atom. The van der Waals surface area contributed by atoms with Crippen LogP contribution in [0.4, 0.5) is 11.6 Å². The van der Waals surface area contributed by atoms with Gasteiger partial charge in [0.1, 0.15) is 18.0 Å². The van der Waals surface area contributed by atoms with E-state index >= 15 is 0 Å². The maximum absolute atomic E-state index is 12.4. The van der Waals surface area contributed by atoms with Gasteiger partial charge in [-0.3, -0.25) is 4.79 Å². The topological polar surface area (TPSA) is 61.4 Å². The minimum absolute atomic E-state index is 0.115. The van der Waals surface area contributed by atoms with Gasteiger partial charge in [0, 0.05) is 49.6 Å². The van der Waals surface area contributed by atoms with Crippen LogP contribution in [-0.2, 0) is 11.2 Å². The zero-order valence-electron chi connectivity index (χ0n) is 15.6. The second-order valence-corrected chi connectivity index (χ2v) is 8.34. The average molecular weight is 386 g/mol. The molecular weight excluding hydrogens is 358 g/mol. The van der Waals surface area contributed by atoms with Crippen molar-refractivity contribution < 1.29 is 4.79 Å². The number of piperidine rings is 1. The molecule has 144 valence electrons. The summed E-state index contributed by atoms with van der Waals surface area (Å²) < 4.78 is 0. The molecule has 2 aromatic rings. The Morgan fingerprint density at radius 2 is 1.81 bits per heavy atom. The fraction of sp³-hybridized carbons (Fsp3) is 0.550. The number of amides is 1. The molecule has 0 aliphatic carbocycles. The quantitative estimate of drug-likeness (QED) is 0.828. The maximum Gasteiger partial charge on any atom is 0.223 e. The van der Waals surface area contributed by atoms with E-state index in [2.05, 4.69) is 48.7 Å². The highest BCUT2D eigenvalue weighted by Crippen LogP contribution is 2.25. The van der Waals surface area contributed by atoms with Gasteiger partial charge in [-0.1, -0.05) is 6.07 Å². The molecule has 0 unspecified atom stereocenters. The van der Waals surface area contributed by atoms with E-state index in [1.165, 1.54) is 17.7 Å². The third-order valence-corrected chi connectivity index (χ3v) is 6.44. The van der Waals surface area contributed by atoms with Crippen molar-refractivity contribution in [3.8, 4) is 0 Å². The monoisotopic (exact) mass is 385 g/mol. The number of aromatic nitrogens is 2. The number of anilines is 2. The molecule has 2 fully saturated rings. The van der Waals surface area contributed by atoms with Gasteiger partial charge in [0.15, 0.2) is 0 Å². The minimum atomic E-state index is 0.115. The first-order valence-electron chi connectivity index (χ1n) is 9.91. The normalized spacial score (nSPS) is 18.1. The number of hydrogen-bond acceptors (Lipinski definition) is 6. The molecule has 0 radical (unpaired) electrons. The second kappa shape index (κ2) is 8.69. The van der Waals surface area contributed by atoms with E-state index in [1.807, 2.05) is 0 Å². The van der Waals surface area contributed by atoms with Crippen LogP contribution in [0.5, 0.6) is 0 Å². The maximum atomic E-state index is 12.4. The summed E-state index contributed by atoms with van der Waals surface area (Å²) in [4.78, 5) is 27.3. The number of rotatable bonds is 6. The van der Waals surface area contributed by atoms with Gasteiger partial charge in [0.2, 0.25) is 5.91 Å². The van der Waals surface area contributed by atoms with Crippen molar-refractivity contribution in [1.82, 2.24) is 15.3 Å². The first-order valence-corrected chi connectivity index (χ1v) is 10.8. The molecule has 0 atom stereocenters. The van der Waals surface area contributed by atoms with Gasteiger partial charge in [0.25, 0.3) is 0 Å². The van der Waals surface area contributed by atoms with Crippen molar-refractivity contribution >= 4 is 28.9 Å². The van der Waals surface area contributed by atoms with Crippen LogP contribution in [0.25, 0.3) is 0 Å². The Kier molecular flexibility index (Phi) is 5.87. The summed E-state index contributed by atoms with van der Waals surface area (Å²) in [5, 5.41) is 5.19. The lowest BCUT2D eigenvalue weighted by molar-refractivity contribution is -0.125. The van der Waals surface area contributed by atoms with Crippen LogP contribution in [0, 0.1) is 5.92 Å². The predicted molar refractivity (Wildman–Crippen MR) is 109 cm³/mol. The number of nitrogens with one attached hydrogen (secondary N) is 1. The van der Waals surface area contributed by atoms with E-state index in [0.29, 0.717) is 0 Å². The predicted octanol–water partition coefficient (Wildman–Crippen LogP) is 2.71. The Balaban J connectivity index is 1.26. The number of hydrogen-bond donors (Lipinski definition) is 1. The molecule has 0 spiro atoms. The average Bonchev–Trinajstić information content (AvgIpc) is 3.42. The highest BCUT2D eigenvalue weighted by Gasteiger charge is 2.26. The summed E-state index contributed by atoms with van der Waals surface area (Å²) in [5.41, 5.74) is 0. The van der Waals surface area contributed by atoms with Gasteiger partial charge >= 0.3 is 0 Å². The van der Waals surface area contributed by atoms with Crippen molar-refractivity contribution in [2.45, 2.75) is 32.1 Å². The largest absolute Gasteiger partial charge is 0.356 e. The Bertz CT molecular complexity index is 737. The smallest absolute Gasteiger partial charge is 0.223 e. The highest BCUT2D eigenvalue weighted by molar-refractivity contribution is 7.09. The van der Waals surface area contributed by atoms with Crippen molar-refractivity contribution in [2.24, 2.45) is 5.92 Å². The zero-order chi connectivity index (χ0) is 18.5. The molecular formula is C20H27N5OS. The van der Waals surface area contributed by atoms with E-state index in [-0.39, 0.29) is 11.8 Å². The van der Waals surface area contributed by atoms with Gasteiger partial charge in [0.05, 0.1) is 0 Å². The van der Waals surface area contributed by atoms with Gasteiger partial charge in [-0.2, -0.15) is 0 Å². The zero-order valence-corrected chi connectivity index (χ0v) is 16.5. The van der Waals surface area contributed by atoms with Gasteiger partial charge in [-0.15, -0.1) is 11.3 Å². The summed E-state index contributed by atoms with van der Waals surface area (Å²) in [6.07, 6.45) is 6.84. The summed E-state index contributed by atoms with van der Waals surface area (Å²) in [6, 6.07) is 6.28. The first kappa shape index (κ1) is 18.2. The molecule has 2 aromatic heterocycles. The molecule has 2 saturated heterocycles. The molecule has 27 heavy (non-hydrogen) atoms. The molecule has 2 aliphatic rings. The Morgan fingerprint density at radius 3 is 2.48 bits per heavy atom. The van der Waals surface area contributed by atoms with Crippen LogP contribution < -0.4 is 15.1 Å². The van der Waals surface area contributed by atoms with Crippen molar-refractivity contribution in [2.75, 3.05) is 42.5 Å². The van der Waals surface area contributed by atoms with E-state index in [1.54, 1.807) is 17.7 Å². The molecule has 2 aliphatic heterocycles. The van der Waals surface area contributed by atoms with E-state index in [0.717, 1.165) is 63.6 Å². The number of carbonyl (C=O) groups is 1. The molecule has 0 bridgehead atoms. The molecule has 0 aromatic carbocycles. The Labute approximate surface area is 164 Å². The lowest BCUT2D eigenvalue weighted by Gasteiger charge is -2.32. The summed E-state index contributed by atoms with van der Waals surface area (Å²) in [7, 11) is 0. The Hall–Kier alpha value is -2.15. The lowest BCUT2D eigenvalue weighted by Crippen LogP contribution is -2.41. The van der Waals surface area contributed by atoms with Gasteiger partial charge in [-0.25, -0.2) is 9.97 Å². The molecule has 4 heterocycles. The number of nitrogens with zero attached hydrogens (tertiary/aromatic N) is 4. The lowest BCUT2D eigenvalue weighted by atomic mass is 9.96. The first-order chi connectivity index (χ1) is 13.3. The molecule has 0 saturated carbocycles. The van der Waals surface area contributed by atoms with Crippen LogP contribution in [0.3, 0.4) is 0 Å². The summed E-state index contributed by atoms with van der Waals surface area (Å²) in [6.45, 7) is 4.65. The summed E-state index contributed by atoms with van der Waals surface area (Å²) >= 11 is 1.74. The molecule has 1 N–H and O–H groups in total. The van der Waals surface area contributed by atoms with Crippen LogP contribution in [0.15, 0.2) is 29.9 Å². The van der Waals surface area contributed by atoms with Crippen LogP contribution >= 0.6 is 11.3 Å². The molecule has 7 heteroatoms. The van der Waals surface area contributed by atoms with Crippen molar-refractivity contribution in [3.05, 3.63) is 34.8 Å². The summed E-state index contributed by atoms with van der Waals surface area (Å²) in [5.74, 6) is 2.34. The second-order valence-electron chi connectivity index (χ2n) is 7.31. The minimum Gasteiger partial charge on any atom is -0.356 e. The standard InChI is InChI=1S/C20H27N5OS/c26-20(21-8-5-17-4-3-13-27-17)16-6-11-25(12-7-16)19-14-18(22-15-23-19)24-9-1-2-10-24/h3-4,13-16H,1-2,5-12H2,(H,21,26). The van der Waals surface area contributed by atoms with Crippen molar-refractivity contribution in [1.29, 1.82) is 0 Å². The molecule has 6 nitrogen and oxygen atoms in total. The number of carbonyl (C=O) groups excluding carboxylic acids is 1. The van der Waals surface area contributed by atoms with Crippen LogP contribution in [0.1, 0.15) is 30.6 Å². The van der Waals surface area contributed by atoms with E-state index < -0.39 is 0 Å². The van der Waals surface area contributed by atoms with Crippen LogP contribution in [-0.4, -0.2) is 48.6 Å². The number of thiophene rings is 1. The SMILES string of the molecule is O=C(NCCc1cccs1)C1CCN(c2cc(N3CCCC3)ncn2)CC1. The van der Waals surface area contributed by atoms with Gasteiger partial charge in [-0.05, 0) is 43.6 Å². The fourth-order valence-electron chi connectivity index (χ4n) is 3.91. The van der Waals surface area contributed by atoms with E-state index in [9.17, 15) is 4.79 Å². The fourth-order valence-corrected chi connectivity index (χ4v) is 4.62. The third-order valence-electron chi connectivity index (χ3n) is 5.51. The highest BCUT2D eigenvalue weighted by atomic mass is 32.1. The molecule has 1 amide bonds. The van der Waals surface area contributed by atoms with Crippen LogP contribution in [0.2, 0.25) is 0 Å². The van der Waals surface area contributed by atoms with Gasteiger partial charge < -0.3 is 15.1 Å².